The number of nitrogens with zero attached hydrogens (tertiary/aromatic N) is 1. The lowest BCUT2D eigenvalue weighted by Crippen LogP contribution is -2.10. The van der Waals surface area contributed by atoms with Crippen molar-refractivity contribution < 1.29 is 4.74 Å². The van der Waals surface area contributed by atoms with Gasteiger partial charge in [0, 0.05) is 6.20 Å². The molecule has 4 nitrogen and oxygen atoms in total. The number of nitrogens with one attached hydrogen (secondary N) is 1. The van der Waals surface area contributed by atoms with Crippen molar-refractivity contribution in [2.24, 2.45) is 5.84 Å². The minimum absolute atomic E-state index is 0.598. The highest BCUT2D eigenvalue weighted by atomic mass is 16.5. The molecule has 18 heavy (non-hydrogen) atoms. The van der Waals surface area contributed by atoms with Crippen molar-refractivity contribution in [2.75, 3.05) is 12.0 Å². The maximum Gasteiger partial charge on any atom is 0.182 e. The molecule has 0 fully saturated rings. The predicted octanol–water partition coefficient (Wildman–Crippen LogP) is 3.50. The number of hydrogen-bond donors (Lipinski definition) is 2. The van der Waals surface area contributed by atoms with E-state index in [1.807, 2.05) is 12.1 Å². The Morgan fingerprint density at radius 3 is 2.61 bits per heavy atom. The van der Waals surface area contributed by atoms with Crippen molar-refractivity contribution in [1.82, 2.24) is 4.98 Å². The van der Waals surface area contributed by atoms with Crippen LogP contribution in [0.1, 0.15) is 51.9 Å². The number of nitrogen functional groups attached to an aromatic ring is 1. The largest absolute Gasteiger partial charge is 0.490 e. The first-order valence-electron chi connectivity index (χ1n) is 6.93. The molecular formula is C14H25N3O. The molecule has 1 aromatic heterocycles. The second kappa shape index (κ2) is 9.71. The van der Waals surface area contributed by atoms with Gasteiger partial charge < -0.3 is 10.2 Å². The van der Waals surface area contributed by atoms with Gasteiger partial charge in [-0.25, -0.2) is 10.8 Å². The van der Waals surface area contributed by atoms with Crippen LogP contribution < -0.4 is 16.0 Å². The molecule has 0 amide bonds. The van der Waals surface area contributed by atoms with Gasteiger partial charge in [0.2, 0.25) is 0 Å². The standard InChI is InChI=1S/C14H25N3O/c1-2-3-4-5-6-7-8-12-18-13-10-9-11-16-14(13)17-15/h9-11H,2-8,12,15H2,1H3,(H,16,17). The lowest BCUT2D eigenvalue weighted by molar-refractivity contribution is 0.304. The lowest BCUT2D eigenvalue weighted by atomic mass is 10.1. The van der Waals surface area contributed by atoms with E-state index >= 15 is 0 Å². The molecule has 0 unspecified atom stereocenters. The van der Waals surface area contributed by atoms with Gasteiger partial charge in [-0.15, -0.1) is 0 Å². The van der Waals surface area contributed by atoms with Crippen LogP contribution in [-0.4, -0.2) is 11.6 Å². The van der Waals surface area contributed by atoms with Crippen LogP contribution in [0.15, 0.2) is 18.3 Å². The summed E-state index contributed by atoms with van der Waals surface area (Å²) in [7, 11) is 0. The molecule has 0 bridgehead atoms. The molecule has 0 atom stereocenters. The first kappa shape index (κ1) is 14.8. The van der Waals surface area contributed by atoms with Gasteiger partial charge in [0.15, 0.2) is 11.6 Å². The smallest absolute Gasteiger partial charge is 0.182 e. The highest BCUT2D eigenvalue weighted by Crippen LogP contribution is 2.19. The Kier molecular flexibility index (Phi) is 7.97. The number of ether oxygens (including phenoxy) is 1. The van der Waals surface area contributed by atoms with Crippen molar-refractivity contribution in [2.45, 2.75) is 51.9 Å². The van der Waals surface area contributed by atoms with Crippen LogP contribution in [-0.2, 0) is 0 Å². The van der Waals surface area contributed by atoms with Crippen LogP contribution in [0.25, 0.3) is 0 Å². The molecule has 0 saturated carbocycles. The number of anilines is 1. The summed E-state index contributed by atoms with van der Waals surface area (Å²) in [6.07, 6.45) is 10.7. The van der Waals surface area contributed by atoms with Gasteiger partial charge >= 0.3 is 0 Å². The minimum Gasteiger partial charge on any atom is -0.490 e. The van der Waals surface area contributed by atoms with Crippen molar-refractivity contribution in [3.8, 4) is 5.75 Å². The lowest BCUT2D eigenvalue weighted by Gasteiger charge is -2.09. The van der Waals surface area contributed by atoms with E-state index in [1.54, 1.807) is 6.20 Å². The quantitative estimate of drug-likeness (QED) is 0.379. The third-order valence-corrected chi connectivity index (χ3v) is 2.91. The van der Waals surface area contributed by atoms with Gasteiger partial charge in [-0.2, -0.15) is 0 Å². The molecule has 4 heteroatoms. The molecule has 0 aliphatic heterocycles. The van der Waals surface area contributed by atoms with Gasteiger partial charge in [0.1, 0.15) is 0 Å². The number of unbranched alkanes of at least 4 members (excludes halogenated alkanes) is 6. The molecule has 0 saturated heterocycles. The van der Waals surface area contributed by atoms with E-state index in [2.05, 4.69) is 17.3 Å². The van der Waals surface area contributed by atoms with Crippen molar-refractivity contribution in [3.05, 3.63) is 18.3 Å². The van der Waals surface area contributed by atoms with Gasteiger partial charge in [0.05, 0.1) is 6.61 Å². The van der Waals surface area contributed by atoms with E-state index in [-0.39, 0.29) is 0 Å². The summed E-state index contributed by atoms with van der Waals surface area (Å²) in [4.78, 5) is 4.08. The Hall–Kier alpha value is -1.29. The fourth-order valence-electron chi connectivity index (χ4n) is 1.86. The molecule has 1 aromatic rings. The fraction of sp³-hybridized carbons (Fsp3) is 0.643. The zero-order valence-electron chi connectivity index (χ0n) is 11.3. The Bertz CT molecular complexity index is 318. The van der Waals surface area contributed by atoms with Crippen LogP contribution in [0.5, 0.6) is 5.75 Å². The maximum atomic E-state index is 5.65. The Morgan fingerprint density at radius 1 is 1.17 bits per heavy atom. The van der Waals surface area contributed by atoms with Crippen LogP contribution in [0, 0.1) is 0 Å². The zero-order chi connectivity index (χ0) is 13.1. The first-order valence-corrected chi connectivity index (χ1v) is 6.93. The molecule has 0 spiro atoms. The third kappa shape index (κ3) is 5.87. The molecule has 1 heterocycles. The normalized spacial score (nSPS) is 10.3. The number of aromatic nitrogens is 1. The fourth-order valence-corrected chi connectivity index (χ4v) is 1.86. The van der Waals surface area contributed by atoms with E-state index in [0.717, 1.165) is 18.8 Å². The van der Waals surface area contributed by atoms with Crippen molar-refractivity contribution in [3.63, 3.8) is 0 Å². The molecular weight excluding hydrogens is 226 g/mol. The summed E-state index contributed by atoms with van der Waals surface area (Å²) in [6, 6.07) is 3.73. The summed E-state index contributed by atoms with van der Waals surface area (Å²) in [5.41, 5.74) is 2.53. The summed E-state index contributed by atoms with van der Waals surface area (Å²) in [6.45, 7) is 2.97. The average Bonchev–Trinajstić information content (AvgIpc) is 2.42. The summed E-state index contributed by atoms with van der Waals surface area (Å²) in [5.74, 6) is 6.68. The monoisotopic (exact) mass is 251 g/mol. The van der Waals surface area contributed by atoms with Gasteiger partial charge in [-0.1, -0.05) is 45.4 Å². The van der Waals surface area contributed by atoms with Crippen LogP contribution in [0.4, 0.5) is 5.82 Å². The Balaban J connectivity index is 2.07. The molecule has 102 valence electrons. The SMILES string of the molecule is CCCCCCCCCOc1cccnc1NN. The topological polar surface area (TPSA) is 60.2 Å². The molecule has 0 aliphatic carbocycles. The predicted molar refractivity (Wildman–Crippen MR) is 75.5 cm³/mol. The van der Waals surface area contributed by atoms with E-state index in [0.29, 0.717) is 5.82 Å². The number of nitrogens with two attached hydrogens (primary N) is 1. The maximum absolute atomic E-state index is 5.65. The van der Waals surface area contributed by atoms with E-state index in [4.69, 9.17) is 10.6 Å². The van der Waals surface area contributed by atoms with Gasteiger partial charge in [-0.05, 0) is 18.6 Å². The second-order valence-corrected chi connectivity index (χ2v) is 4.46. The first-order chi connectivity index (χ1) is 8.88. The number of hydrogen-bond acceptors (Lipinski definition) is 4. The van der Waals surface area contributed by atoms with Crippen LogP contribution in [0.2, 0.25) is 0 Å². The summed E-state index contributed by atoms with van der Waals surface area (Å²) >= 11 is 0. The molecule has 3 N–H and O–H groups in total. The Labute approximate surface area is 110 Å². The van der Waals surface area contributed by atoms with E-state index in [1.165, 1.54) is 38.5 Å². The highest BCUT2D eigenvalue weighted by molar-refractivity contribution is 5.48. The summed E-state index contributed by atoms with van der Waals surface area (Å²) in [5, 5.41) is 0. The van der Waals surface area contributed by atoms with Crippen molar-refractivity contribution >= 4 is 5.82 Å². The molecule has 0 aliphatic rings. The molecule has 0 aromatic carbocycles. The van der Waals surface area contributed by atoms with Gasteiger partial charge in [0.25, 0.3) is 0 Å². The molecule has 1 rings (SSSR count). The highest BCUT2D eigenvalue weighted by Gasteiger charge is 2.01. The number of pyridine rings is 1. The van der Waals surface area contributed by atoms with Gasteiger partial charge in [-0.3, -0.25) is 0 Å². The minimum atomic E-state index is 0.598. The molecule has 0 radical (unpaired) electrons. The number of rotatable bonds is 10. The number of hydrazine groups is 1. The Morgan fingerprint density at radius 2 is 1.89 bits per heavy atom. The van der Waals surface area contributed by atoms with Crippen LogP contribution >= 0.6 is 0 Å². The van der Waals surface area contributed by atoms with E-state index < -0.39 is 0 Å². The summed E-state index contributed by atoms with van der Waals surface area (Å²) < 4.78 is 5.65. The zero-order valence-corrected chi connectivity index (χ0v) is 11.3. The second-order valence-electron chi connectivity index (χ2n) is 4.46. The van der Waals surface area contributed by atoms with Crippen molar-refractivity contribution in [1.29, 1.82) is 0 Å². The van der Waals surface area contributed by atoms with E-state index in [9.17, 15) is 0 Å². The average molecular weight is 251 g/mol. The third-order valence-electron chi connectivity index (χ3n) is 2.91. The van der Waals surface area contributed by atoms with Crippen LogP contribution in [0.3, 0.4) is 0 Å².